The van der Waals surface area contributed by atoms with Crippen LogP contribution in [0.2, 0.25) is 0 Å². The van der Waals surface area contributed by atoms with Crippen molar-refractivity contribution in [2.75, 3.05) is 13.2 Å². The van der Waals surface area contributed by atoms with E-state index in [1.54, 1.807) is 12.4 Å². The number of benzene rings is 1. The molecular formula is C21H20BrN3O2. The van der Waals surface area contributed by atoms with Crippen LogP contribution in [-0.2, 0) is 4.74 Å². The zero-order chi connectivity index (χ0) is 18.6. The Bertz CT molecular complexity index is 954. The third-order valence-electron chi connectivity index (χ3n) is 4.78. The molecule has 0 aliphatic carbocycles. The van der Waals surface area contributed by atoms with E-state index in [-0.39, 0.29) is 11.9 Å². The van der Waals surface area contributed by atoms with Crippen molar-refractivity contribution >= 4 is 32.7 Å². The number of pyridine rings is 2. The molecule has 0 radical (unpaired) electrons. The van der Waals surface area contributed by atoms with E-state index >= 15 is 0 Å². The van der Waals surface area contributed by atoms with Crippen LogP contribution < -0.4 is 5.32 Å². The lowest BCUT2D eigenvalue weighted by Crippen LogP contribution is -2.35. The molecule has 1 fully saturated rings. The minimum absolute atomic E-state index is 0.0669. The van der Waals surface area contributed by atoms with Crippen LogP contribution in [0.25, 0.3) is 22.2 Å². The molecule has 1 unspecified atom stereocenters. The molecule has 0 bridgehead atoms. The average molecular weight is 426 g/mol. The smallest absolute Gasteiger partial charge is 0.252 e. The summed E-state index contributed by atoms with van der Waals surface area (Å²) in [5.74, 6) is -0.0669. The van der Waals surface area contributed by atoms with Gasteiger partial charge in [0.15, 0.2) is 0 Å². The Balaban J connectivity index is 1.74. The van der Waals surface area contributed by atoms with Gasteiger partial charge in [-0.15, -0.1) is 0 Å². The van der Waals surface area contributed by atoms with Crippen molar-refractivity contribution in [2.45, 2.75) is 25.3 Å². The number of carbonyl (C=O) groups is 1. The van der Waals surface area contributed by atoms with Gasteiger partial charge >= 0.3 is 0 Å². The van der Waals surface area contributed by atoms with Crippen molar-refractivity contribution in [1.82, 2.24) is 15.3 Å². The Hall–Kier alpha value is -2.31. The second-order valence-electron chi connectivity index (χ2n) is 6.67. The summed E-state index contributed by atoms with van der Waals surface area (Å²) in [6, 6.07) is 11.6. The van der Waals surface area contributed by atoms with E-state index in [0.29, 0.717) is 12.2 Å². The molecule has 1 atom stereocenters. The zero-order valence-corrected chi connectivity index (χ0v) is 16.4. The molecule has 2 aromatic heterocycles. The quantitative estimate of drug-likeness (QED) is 0.676. The Morgan fingerprint density at radius 2 is 1.96 bits per heavy atom. The Morgan fingerprint density at radius 1 is 1.11 bits per heavy atom. The molecule has 1 saturated heterocycles. The number of amides is 1. The molecule has 0 saturated carbocycles. The van der Waals surface area contributed by atoms with E-state index in [9.17, 15) is 4.79 Å². The van der Waals surface area contributed by atoms with Gasteiger partial charge in [0.25, 0.3) is 5.91 Å². The highest BCUT2D eigenvalue weighted by molar-refractivity contribution is 9.10. The van der Waals surface area contributed by atoms with Gasteiger partial charge in [0.2, 0.25) is 0 Å². The maximum absolute atomic E-state index is 13.1. The Labute approximate surface area is 166 Å². The maximum atomic E-state index is 13.1. The molecule has 138 valence electrons. The number of halogens is 1. The van der Waals surface area contributed by atoms with Crippen LogP contribution in [0.3, 0.4) is 0 Å². The second kappa shape index (κ2) is 8.15. The third-order valence-corrected chi connectivity index (χ3v) is 5.27. The molecular weight excluding hydrogens is 406 g/mol. The lowest BCUT2D eigenvalue weighted by molar-refractivity contribution is 0.0931. The van der Waals surface area contributed by atoms with Crippen molar-refractivity contribution in [3.63, 3.8) is 0 Å². The van der Waals surface area contributed by atoms with Gasteiger partial charge in [-0.25, -0.2) is 4.98 Å². The van der Waals surface area contributed by atoms with Gasteiger partial charge < -0.3 is 10.1 Å². The molecule has 1 amide bonds. The minimum atomic E-state index is -0.0669. The fourth-order valence-electron chi connectivity index (χ4n) is 3.37. The summed E-state index contributed by atoms with van der Waals surface area (Å²) in [5.41, 5.74) is 3.13. The van der Waals surface area contributed by atoms with Gasteiger partial charge in [0, 0.05) is 47.1 Å². The van der Waals surface area contributed by atoms with Gasteiger partial charge in [-0.05, 0) is 55.7 Å². The van der Waals surface area contributed by atoms with Crippen molar-refractivity contribution in [3.05, 3.63) is 58.8 Å². The first-order chi connectivity index (χ1) is 13.2. The van der Waals surface area contributed by atoms with E-state index in [2.05, 4.69) is 26.2 Å². The Morgan fingerprint density at radius 3 is 2.81 bits per heavy atom. The SMILES string of the molecule is O=C(NC1CCCOCC1)c1cc(-c2ccncc2)nc2ccc(Br)cc12. The standard InChI is InChI=1S/C21H20BrN3O2/c22-15-3-4-19-17(12-15)18(13-20(25-19)14-5-8-23-9-6-14)21(26)24-16-2-1-10-27-11-7-16/h3-6,8-9,12-13,16H,1-2,7,10-11H2,(H,24,26). The highest BCUT2D eigenvalue weighted by Gasteiger charge is 2.19. The van der Waals surface area contributed by atoms with Gasteiger partial charge in [-0.2, -0.15) is 0 Å². The van der Waals surface area contributed by atoms with Crippen molar-refractivity contribution in [3.8, 4) is 11.3 Å². The summed E-state index contributed by atoms with van der Waals surface area (Å²) in [5, 5.41) is 4.03. The molecule has 1 N–H and O–H groups in total. The fraction of sp³-hybridized carbons (Fsp3) is 0.286. The van der Waals surface area contributed by atoms with E-state index < -0.39 is 0 Å². The Kier molecular flexibility index (Phi) is 5.45. The molecule has 3 heterocycles. The largest absolute Gasteiger partial charge is 0.381 e. The predicted molar refractivity (Wildman–Crippen MR) is 109 cm³/mol. The average Bonchev–Trinajstić information content (AvgIpc) is 2.96. The predicted octanol–water partition coefficient (Wildman–Crippen LogP) is 4.36. The van der Waals surface area contributed by atoms with Crippen molar-refractivity contribution < 1.29 is 9.53 Å². The minimum Gasteiger partial charge on any atom is -0.381 e. The van der Waals surface area contributed by atoms with Gasteiger partial charge in [-0.3, -0.25) is 9.78 Å². The lowest BCUT2D eigenvalue weighted by Gasteiger charge is -2.17. The third kappa shape index (κ3) is 4.17. The van der Waals surface area contributed by atoms with Crippen LogP contribution in [0.5, 0.6) is 0 Å². The summed E-state index contributed by atoms with van der Waals surface area (Å²) in [7, 11) is 0. The summed E-state index contributed by atoms with van der Waals surface area (Å²) < 4.78 is 6.42. The molecule has 4 rings (SSSR count). The van der Waals surface area contributed by atoms with E-state index in [1.165, 1.54) is 0 Å². The van der Waals surface area contributed by atoms with Crippen LogP contribution in [-0.4, -0.2) is 35.1 Å². The molecule has 0 spiro atoms. The number of carbonyl (C=O) groups excluding carboxylic acids is 1. The first-order valence-corrected chi connectivity index (χ1v) is 9.89. The number of aromatic nitrogens is 2. The van der Waals surface area contributed by atoms with Crippen LogP contribution in [0.15, 0.2) is 53.3 Å². The van der Waals surface area contributed by atoms with Crippen LogP contribution >= 0.6 is 15.9 Å². The summed E-state index contributed by atoms with van der Waals surface area (Å²) in [6.45, 7) is 1.46. The van der Waals surface area contributed by atoms with Gasteiger partial charge in [0.1, 0.15) is 0 Å². The molecule has 27 heavy (non-hydrogen) atoms. The molecule has 1 aliphatic heterocycles. The number of rotatable bonds is 3. The number of nitrogens with one attached hydrogen (secondary N) is 1. The van der Waals surface area contributed by atoms with Crippen molar-refractivity contribution in [1.29, 1.82) is 0 Å². The number of hydrogen-bond donors (Lipinski definition) is 1. The number of fused-ring (bicyclic) bond motifs is 1. The van der Waals surface area contributed by atoms with Crippen LogP contribution in [0, 0.1) is 0 Å². The maximum Gasteiger partial charge on any atom is 0.252 e. The molecule has 3 aromatic rings. The second-order valence-corrected chi connectivity index (χ2v) is 7.58. The normalized spacial score (nSPS) is 17.4. The van der Waals surface area contributed by atoms with Crippen LogP contribution in [0.4, 0.5) is 0 Å². The molecule has 5 nitrogen and oxygen atoms in total. The lowest BCUT2D eigenvalue weighted by atomic mass is 10.0. The number of nitrogens with zero attached hydrogens (tertiary/aromatic N) is 2. The molecule has 6 heteroatoms. The van der Waals surface area contributed by atoms with E-state index in [0.717, 1.165) is 52.5 Å². The number of hydrogen-bond acceptors (Lipinski definition) is 4. The molecule has 1 aliphatic rings. The van der Waals surface area contributed by atoms with E-state index in [4.69, 9.17) is 9.72 Å². The summed E-state index contributed by atoms with van der Waals surface area (Å²) in [6.07, 6.45) is 6.21. The highest BCUT2D eigenvalue weighted by Crippen LogP contribution is 2.27. The monoisotopic (exact) mass is 425 g/mol. The number of ether oxygens (including phenoxy) is 1. The van der Waals surface area contributed by atoms with Gasteiger partial charge in [0.05, 0.1) is 16.8 Å². The summed E-state index contributed by atoms with van der Waals surface area (Å²) in [4.78, 5) is 21.9. The van der Waals surface area contributed by atoms with Crippen LogP contribution in [0.1, 0.15) is 29.6 Å². The topological polar surface area (TPSA) is 64.1 Å². The van der Waals surface area contributed by atoms with E-state index in [1.807, 2.05) is 36.4 Å². The highest BCUT2D eigenvalue weighted by atomic mass is 79.9. The first-order valence-electron chi connectivity index (χ1n) is 9.10. The van der Waals surface area contributed by atoms with Gasteiger partial charge in [-0.1, -0.05) is 15.9 Å². The van der Waals surface area contributed by atoms with Crippen molar-refractivity contribution in [2.24, 2.45) is 0 Å². The summed E-state index contributed by atoms with van der Waals surface area (Å²) >= 11 is 3.50. The zero-order valence-electron chi connectivity index (χ0n) is 14.8. The molecule has 1 aromatic carbocycles. The first kappa shape index (κ1) is 18.1. The fourth-order valence-corrected chi connectivity index (χ4v) is 3.73.